The predicted molar refractivity (Wildman–Crippen MR) is 75.4 cm³/mol. The van der Waals surface area contributed by atoms with Crippen LogP contribution in [-0.4, -0.2) is 38.7 Å². The number of nitrogens with one attached hydrogen (secondary N) is 2. The van der Waals surface area contributed by atoms with Crippen molar-refractivity contribution in [3.05, 3.63) is 36.0 Å². The van der Waals surface area contributed by atoms with Crippen LogP contribution in [0.3, 0.4) is 0 Å². The van der Waals surface area contributed by atoms with E-state index in [-0.39, 0.29) is 5.91 Å². The van der Waals surface area contributed by atoms with Gasteiger partial charge in [0, 0.05) is 26.6 Å². The number of carbonyl (C=O) groups excluding carboxylic acids is 1. The summed E-state index contributed by atoms with van der Waals surface area (Å²) in [6.45, 7) is 3.23. The Morgan fingerprint density at radius 2 is 2.25 bits per heavy atom. The molecule has 20 heavy (non-hydrogen) atoms. The molecular formula is C13H18N6O. The first kappa shape index (κ1) is 14.0. The molecule has 0 aliphatic heterocycles. The lowest BCUT2D eigenvalue weighted by Gasteiger charge is -2.06. The molecule has 0 saturated carbocycles. The molecule has 2 aromatic heterocycles. The summed E-state index contributed by atoms with van der Waals surface area (Å²) in [7, 11) is 1.81. The molecule has 2 rings (SSSR count). The monoisotopic (exact) mass is 274 g/mol. The third-order valence-electron chi connectivity index (χ3n) is 2.62. The number of aromatic nitrogens is 4. The topological polar surface area (TPSA) is 84.7 Å². The highest BCUT2D eigenvalue weighted by molar-refractivity contribution is 5.92. The van der Waals surface area contributed by atoms with Crippen molar-refractivity contribution in [1.29, 1.82) is 0 Å². The second-order valence-corrected chi connectivity index (χ2v) is 4.28. The van der Waals surface area contributed by atoms with E-state index in [2.05, 4.69) is 25.7 Å². The fourth-order valence-electron chi connectivity index (χ4n) is 1.72. The minimum atomic E-state index is -0.194. The largest absolute Gasteiger partial charge is 0.370 e. The van der Waals surface area contributed by atoms with Crippen LogP contribution in [0.25, 0.3) is 0 Å². The zero-order valence-electron chi connectivity index (χ0n) is 11.6. The highest BCUT2D eigenvalue weighted by atomic mass is 16.1. The summed E-state index contributed by atoms with van der Waals surface area (Å²) < 4.78 is 1.64. The van der Waals surface area contributed by atoms with Gasteiger partial charge in [0.15, 0.2) is 5.82 Å². The molecule has 7 heteroatoms. The van der Waals surface area contributed by atoms with E-state index in [0.717, 1.165) is 6.54 Å². The molecule has 0 bridgehead atoms. The Kier molecular flexibility index (Phi) is 4.65. The Bertz CT molecular complexity index is 580. The standard InChI is InChI=1S/C13H18N6O/c1-3-14-11-6-4-5-10(17-11)13(20)15-8-7-12-16-9-19(2)18-12/h4-6,9H,3,7-8H2,1-2H3,(H,14,17)(H,15,20). The van der Waals surface area contributed by atoms with Crippen molar-refractivity contribution in [3.63, 3.8) is 0 Å². The molecule has 0 atom stereocenters. The Morgan fingerprint density at radius 1 is 1.40 bits per heavy atom. The van der Waals surface area contributed by atoms with E-state index in [4.69, 9.17) is 0 Å². The summed E-state index contributed by atoms with van der Waals surface area (Å²) in [4.78, 5) is 20.3. The molecule has 0 aromatic carbocycles. The molecule has 0 aliphatic carbocycles. The summed E-state index contributed by atoms with van der Waals surface area (Å²) in [5.41, 5.74) is 0.400. The minimum Gasteiger partial charge on any atom is -0.370 e. The minimum absolute atomic E-state index is 0.194. The van der Waals surface area contributed by atoms with Gasteiger partial charge in [0.05, 0.1) is 0 Å². The average Bonchev–Trinajstić information content (AvgIpc) is 2.85. The number of amides is 1. The lowest BCUT2D eigenvalue weighted by Crippen LogP contribution is -2.27. The van der Waals surface area contributed by atoms with Crippen molar-refractivity contribution in [3.8, 4) is 0 Å². The zero-order valence-corrected chi connectivity index (χ0v) is 11.6. The van der Waals surface area contributed by atoms with Gasteiger partial charge in [-0.05, 0) is 19.1 Å². The summed E-state index contributed by atoms with van der Waals surface area (Å²) in [5.74, 6) is 1.22. The van der Waals surface area contributed by atoms with E-state index in [1.807, 2.05) is 20.0 Å². The zero-order chi connectivity index (χ0) is 14.4. The molecule has 0 unspecified atom stereocenters. The molecule has 0 radical (unpaired) electrons. The molecule has 1 amide bonds. The summed E-state index contributed by atoms with van der Waals surface area (Å²) in [5, 5.41) is 10.0. The van der Waals surface area contributed by atoms with Gasteiger partial charge in [-0.25, -0.2) is 9.97 Å². The van der Waals surface area contributed by atoms with E-state index >= 15 is 0 Å². The van der Waals surface area contributed by atoms with Gasteiger partial charge in [0.1, 0.15) is 17.8 Å². The van der Waals surface area contributed by atoms with E-state index in [1.54, 1.807) is 23.1 Å². The first-order chi connectivity index (χ1) is 9.69. The van der Waals surface area contributed by atoms with Crippen LogP contribution < -0.4 is 10.6 Å². The van der Waals surface area contributed by atoms with E-state index in [0.29, 0.717) is 30.3 Å². The van der Waals surface area contributed by atoms with Crippen LogP contribution >= 0.6 is 0 Å². The lowest BCUT2D eigenvalue weighted by atomic mass is 10.3. The summed E-state index contributed by atoms with van der Waals surface area (Å²) >= 11 is 0. The van der Waals surface area contributed by atoms with Gasteiger partial charge in [-0.15, -0.1) is 0 Å². The fraction of sp³-hybridized carbons (Fsp3) is 0.385. The quantitative estimate of drug-likeness (QED) is 0.806. The van der Waals surface area contributed by atoms with Crippen molar-refractivity contribution < 1.29 is 4.79 Å². The van der Waals surface area contributed by atoms with Crippen LogP contribution in [0.4, 0.5) is 5.82 Å². The second kappa shape index (κ2) is 6.65. The van der Waals surface area contributed by atoms with Crippen molar-refractivity contribution in [2.45, 2.75) is 13.3 Å². The lowest BCUT2D eigenvalue weighted by molar-refractivity contribution is 0.0949. The van der Waals surface area contributed by atoms with Crippen LogP contribution in [0.5, 0.6) is 0 Å². The van der Waals surface area contributed by atoms with Crippen LogP contribution in [0, 0.1) is 0 Å². The third-order valence-corrected chi connectivity index (χ3v) is 2.62. The first-order valence-corrected chi connectivity index (χ1v) is 6.52. The summed E-state index contributed by atoms with van der Waals surface area (Å²) in [6.07, 6.45) is 2.23. The van der Waals surface area contributed by atoms with Gasteiger partial charge in [-0.1, -0.05) is 6.07 Å². The maximum absolute atomic E-state index is 11.9. The van der Waals surface area contributed by atoms with Crippen molar-refractivity contribution >= 4 is 11.7 Å². The first-order valence-electron chi connectivity index (χ1n) is 6.52. The number of carbonyl (C=O) groups is 1. The van der Waals surface area contributed by atoms with E-state index < -0.39 is 0 Å². The van der Waals surface area contributed by atoms with Crippen molar-refractivity contribution in [2.75, 3.05) is 18.4 Å². The molecule has 0 saturated heterocycles. The smallest absolute Gasteiger partial charge is 0.269 e. The Balaban J connectivity index is 1.86. The highest BCUT2D eigenvalue weighted by Gasteiger charge is 2.08. The molecule has 106 valence electrons. The van der Waals surface area contributed by atoms with Gasteiger partial charge in [0.2, 0.25) is 0 Å². The van der Waals surface area contributed by atoms with E-state index in [1.165, 1.54) is 0 Å². The van der Waals surface area contributed by atoms with Crippen LogP contribution in [0.15, 0.2) is 24.5 Å². The fourth-order valence-corrected chi connectivity index (χ4v) is 1.72. The van der Waals surface area contributed by atoms with E-state index in [9.17, 15) is 4.79 Å². The van der Waals surface area contributed by atoms with Crippen molar-refractivity contribution in [1.82, 2.24) is 25.1 Å². The normalized spacial score (nSPS) is 10.3. The number of anilines is 1. The maximum atomic E-state index is 11.9. The number of nitrogens with zero attached hydrogens (tertiary/aromatic N) is 4. The third kappa shape index (κ3) is 3.78. The van der Waals surface area contributed by atoms with Gasteiger partial charge in [-0.2, -0.15) is 5.10 Å². The Labute approximate surface area is 117 Å². The highest BCUT2D eigenvalue weighted by Crippen LogP contribution is 2.04. The van der Waals surface area contributed by atoms with Crippen LogP contribution in [0.2, 0.25) is 0 Å². The molecule has 0 aliphatic rings. The molecule has 7 nitrogen and oxygen atoms in total. The van der Waals surface area contributed by atoms with Crippen LogP contribution in [0.1, 0.15) is 23.2 Å². The molecule has 2 N–H and O–H groups in total. The average molecular weight is 274 g/mol. The number of rotatable bonds is 6. The molecule has 2 heterocycles. The Hall–Kier alpha value is -2.44. The predicted octanol–water partition coefficient (Wildman–Crippen LogP) is 0.614. The second-order valence-electron chi connectivity index (χ2n) is 4.28. The molecule has 2 aromatic rings. The number of aryl methyl sites for hydroxylation is 1. The Morgan fingerprint density at radius 3 is 2.95 bits per heavy atom. The summed E-state index contributed by atoms with van der Waals surface area (Å²) in [6, 6.07) is 5.33. The number of pyridine rings is 1. The van der Waals surface area contributed by atoms with Gasteiger partial charge < -0.3 is 10.6 Å². The molecule has 0 fully saturated rings. The molecular weight excluding hydrogens is 256 g/mol. The van der Waals surface area contributed by atoms with Gasteiger partial charge in [0.25, 0.3) is 5.91 Å². The van der Waals surface area contributed by atoms with Crippen LogP contribution in [-0.2, 0) is 13.5 Å². The number of hydrogen-bond donors (Lipinski definition) is 2. The van der Waals surface area contributed by atoms with Crippen molar-refractivity contribution in [2.24, 2.45) is 7.05 Å². The number of hydrogen-bond acceptors (Lipinski definition) is 5. The maximum Gasteiger partial charge on any atom is 0.269 e. The molecule has 0 spiro atoms. The van der Waals surface area contributed by atoms with Gasteiger partial charge in [-0.3, -0.25) is 9.48 Å². The van der Waals surface area contributed by atoms with Gasteiger partial charge >= 0.3 is 0 Å². The SMILES string of the molecule is CCNc1cccc(C(=O)NCCc2ncn(C)n2)n1.